The normalized spacial score (nSPS) is 10.0. The zero-order chi connectivity index (χ0) is 15.1. The number of benzene rings is 2. The predicted molar refractivity (Wildman–Crippen MR) is 75.3 cm³/mol. The second-order valence-electron chi connectivity index (χ2n) is 4.14. The quantitative estimate of drug-likeness (QED) is 0.832. The molecular formula is C15H14F2N2O2. The third-order valence-electron chi connectivity index (χ3n) is 2.60. The van der Waals surface area contributed by atoms with Crippen LogP contribution in [0, 0.1) is 11.6 Å². The lowest BCUT2D eigenvalue weighted by Gasteiger charge is -2.09. The number of ether oxygens (including phenoxy) is 1. The first-order chi connectivity index (χ1) is 10.2. The van der Waals surface area contributed by atoms with Gasteiger partial charge in [0.25, 0.3) is 0 Å². The molecule has 0 spiro atoms. The highest BCUT2D eigenvalue weighted by Gasteiger charge is 2.05. The average molecular weight is 292 g/mol. The maximum absolute atomic E-state index is 13.3. The molecule has 0 aliphatic heterocycles. The number of carbonyl (C=O) groups excluding carboxylic acids is 1. The molecule has 2 aromatic carbocycles. The molecule has 0 heterocycles. The van der Waals surface area contributed by atoms with Gasteiger partial charge in [0, 0.05) is 0 Å². The first-order valence-electron chi connectivity index (χ1n) is 6.33. The van der Waals surface area contributed by atoms with E-state index in [1.54, 1.807) is 18.2 Å². The summed E-state index contributed by atoms with van der Waals surface area (Å²) in [4.78, 5) is 11.5. The minimum atomic E-state index is -0.558. The third kappa shape index (κ3) is 4.45. The summed E-state index contributed by atoms with van der Waals surface area (Å²) in [7, 11) is 0. The second kappa shape index (κ2) is 7.23. The highest BCUT2D eigenvalue weighted by atomic mass is 19.1. The summed E-state index contributed by atoms with van der Waals surface area (Å²) in [5.41, 5.74) is 0.0880. The molecule has 0 fully saturated rings. The molecule has 0 bridgehead atoms. The summed E-state index contributed by atoms with van der Waals surface area (Å²) >= 11 is 0. The van der Waals surface area contributed by atoms with Gasteiger partial charge in [-0.15, -0.1) is 0 Å². The van der Waals surface area contributed by atoms with E-state index in [1.807, 2.05) is 0 Å². The van der Waals surface area contributed by atoms with Gasteiger partial charge in [-0.1, -0.05) is 24.3 Å². The van der Waals surface area contributed by atoms with Crippen molar-refractivity contribution in [3.63, 3.8) is 0 Å². The maximum Gasteiger partial charge on any atom is 0.319 e. The SMILES string of the molecule is O=C(NCCOc1ccccc1F)Nc1ccccc1F. The van der Waals surface area contributed by atoms with Crippen LogP contribution in [0.25, 0.3) is 0 Å². The number of hydrogen-bond donors (Lipinski definition) is 2. The van der Waals surface area contributed by atoms with Crippen LogP contribution >= 0.6 is 0 Å². The zero-order valence-corrected chi connectivity index (χ0v) is 11.1. The predicted octanol–water partition coefficient (Wildman–Crippen LogP) is 3.17. The van der Waals surface area contributed by atoms with Crippen molar-refractivity contribution in [2.24, 2.45) is 0 Å². The molecule has 0 aliphatic rings. The summed E-state index contributed by atoms with van der Waals surface area (Å²) < 4.78 is 31.7. The number of amides is 2. The molecule has 2 aromatic rings. The Bertz CT molecular complexity index is 620. The molecule has 0 radical (unpaired) electrons. The molecule has 110 valence electrons. The number of hydrogen-bond acceptors (Lipinski definition) is 2. The first-order valence-corrected chi connectivity index (χ1v) is 6.33. The van der Waals surface area contributed by atoms with E-state index in [0.29, 0.717) is 0 Å². The molecule has 0 unspecified atom stereocenters. The minimum Gasteiger partial charge on any atom is -0.489 e. The number of nitrogens with one attached hydrogen (secondary N) is 2. The number of anilines is 1. The van der Waals surface area contributed by atoms with Crippen LogP contribution in [0.15, 0.2) is 48.5 Å². The largest absolute Gasteiger partial charge is 0.489 e. The van der Waals surface area contributed by atoms with Gasteiger partial charge in [-0.2, -0.15) is 0 Å². The average Bonchev–Trinajstić information content (AvgIpc) is 2.48. The fourth-order valence-electron chi connectivity index (χ4n) is 1.62. The fourth-order valence-corrected chi connectivity index (χ4v) is 1.62. The molecule has 0 saturated carbocycles. The highest BCUT2D eigenvalue weighted by Crippen LogP contribution is 2.15. The van der Waals surface area contributed by atoms with Crippen LogP contribution in [0.1, 0.15) is 0 Å². The van der Waals surface area contributed by atoms with Crippen LogP contribution in [0.3, 0.4) is 0 Å². The van der Waals surface area contributed by atoms with E-state index in [1.165, 1.54) is 30.3 Å². The molecule has 0 atom stereocenters. The van der Waals surface area contributed by atoms with Gasteiger partial charge in [0.05, 0.1) is 12.2 Å². The van der Waals surface area contributed by atoms with Crippen LogP contribution in [-0.4, -0.2) is 19.2 Å². The van der Waals surface area contributed by atoms with Crippen molar-refractivity contribution < 1.29 is 18.3 Å². The second-order valence-corrected chi connectivity index (χ2v) is 4.14. The molecule has 0 aromatic heterocycles. The van der Waals surface area contributed by atoms with E-state index in [0.717, 1.165) is 0 Å². The molecule has 0 aliphatic carbocycles. The molecule has 21 heavy (non-hydrogen) atoms. The lowest BCUT2D eigenvalue weighted by Crippen LogP contribution is -2.32. The van der Waals surface area contributed by atoms with Crippen LogP contribution < -0.4 is 15.4 Å². The number of carbonyl (C=O) groups is 1. The van der Waals surface area contributed by atoms with Gasteiger partial charge in [0.1, 0.15) is 12.4 Å². The smallest absolute Gasteiger partial charge is 0.319 e. The Morgan fingerprint density at radius 2 is 1.67 bits per heavy atom. The van der Waals surface area contributed by atoms with Gasteiger partial charge in [0.2, 0.25) is 0 Å². The Hall–Kier alpha value is -2.63. The number of urea groups is 1. The van der Waals surface area contributed by atoms with Crippen molar-refractivity contribution in [3.05, 3.63) is 60.2 Å². The Balaban J connectivity index is 1.73. The summed E-state index contributed by atoms with van der Waals surface area (Å²) in [5.74, 6) is -0.864. The van der Waals surface area contributed by atoms with Crippen LogP contribution in [0.4, 0.5) is 19.3 Å². The molecule has 2 amide bonds. The highest BCUT2D eigenvalue weighted by molar-refractivity contribution is 5.89. The Morgan fingerprint density at radius 1 is 1.00 bits per heavy atom. The Kier molecular flexibility index (Phi) is 5.09. The van der Waals surface area contributed by atoms with Gasteiger partial charge in [-0.25, -0.2) is 13.6 Å². The summed E-state index contributed by atoms with van der Waals surface area (Å²) in [6.45, 7) is 0.264. The lowest BCUT2D eigenvalue weighted by atomic mass is 10.3. The number of rotatable bonds is 5. The molecular weight excluding hydrogens is 278 g/mol. The van der Waals surface area contributed by atoms with Crippen molar-refractivity contribution in [3.8, 4) is 5.75 Å². The molecule has 2 N–H and O–H groups in total. The van der Waals surface area contributed by atoms with Crippen LogP contribution in [0.5, 0.6) is 5.75 Å². The lowest BCUT2D eigenvalue weighted by molar-refractivity contribution is 0.246. The van der Waals surface area contributed by atoms with E-state index in [4.69, 9.17) is 4.74 Å². The van der Waals surface area contributed by atoms with Crippen LogP contribution in [-0.2, 0) is 0 Å². The molecule has 6 heteroatoms. The van der Waals surface area contributed by atoms with Crippen molar-refractivity contribution in [1.82, 2.24) is 5.32 Å². The molecule has 4 nitrogen and oxygen atoms in total. The van der Waals surface area contributed by atoms with E-state index in [-0.39, 0.29) is 24.6 Å². The third-order valence-corrected chi connectivity index (χ3v) is 2.60. The summed E-state index contributed by atoms with van der Waals surface area (Å²) in [6.07, 6.45) is 0. The number of halogens is 2. The van der Waals surface area contributed by atoms with E-state index < -0.39 is 17.7 Å². The van der Waals surface area contributed by atoms with Crippen LogP contribution in [0.2, 0.25) is 0 Å². The van der Waals surface area contributed by atoms with Gasteiger partial charge in [0.15, 0.2) is 11.6 Å². The van der Waals surface area contributed by atoms with Gasteiger partial charge in [-0.3, -0.25) is 0 Å². The zero-order valence-electron chi connectivity index (χ0n) is 11.1. The monoisotopic (exact) mass is 292 g/mol. The van der Waals surface area contributed by atoms with Gasteiger partial charge in [-0.05, 0) is 24.3 Å². The summed E-state index contributed by atoms with van der Waals surface area (Å²) in [5, 5.41) is 4.85. The minimum absolute atomic E-state index is 0.0880. The Morgan fingerprint density at radius 3 is 2.38 bits per heavy atom. The van der Waals surface area contributed by atoms with Gasteiger partial charge >= 0.3 is 6.03 Å². The fraction of sp³-hybridized carbons (Fsp3) is 0.133. The van der Waals surface area contributed by atoms with Crippen molar-refractivity contribution in [2.45, 2.75) is 0 Å². The number of para-hydroxylation sites is 2. The van der Waals surface area contributed by atoms with Crippen molar-refractivity contribution in [2.75, 3.05) is 18.5 Å². The van der Waals surface area contributed by atoms with Crippen molar-refractivity contribution in [1.29, 1.82) is 0 Å². The first kappa shape index (κ1) is 14.8. The van der Waals surface area contributed by atoms with E-state index >= 15 is 0 Å². The molecule has 0 saturated heterocycles. The van der Waals surface area contributed by atoms with Crippen molar-refractivity contribution >= 4 is 11.7 Å². The topological polar surface area (TPSA) is 50.4 Å². The Labute approximate surface area is 120 Å². The molecule has 2 rings (SSSR count). The standard InChI is InChI=1S/C15H14F2N2O2/c16-11-5-1-3-7-13(11)19-15(20)18-9-10-21-14-8-4-2-6-12(14)17/h1-8H,9-10H2,(H2,18,19,20). The van der Waals surface area contributed by atoms with Gasteiger partial charge < -0.3 is 15.4 Å². The van der Waals surface area contributed by atoms with E-state index in [9.17, 15) is 13.6 Å². The maximum atomic E-state index is 13.3. The summed E-state index contributed by atoms with van der Waals surface area (Å²) in [6, 6.07) is 11.3. The van der Waals surface area contributed by atoms with E-state index in [2.05, 4.69) is 10.6 Å².